The molecule has 0 radical (unpaired) electrons. The number of Topliss-reactive ketones (excluding diaryl/α,β-unsaturated/α-hetero) is 1. The van der Waals surface area contributed by atoms with Gasteiger partial charge in [0.15, 0.2) is 0 Å². The first kappa shape index (κ1) is 12.0. The molecule has 0 amide bonds. The Bertz CT molecular complexity index is 632. The Hall–Kier alpha value is -2.43. The van der Waals surface area contributed by atoms with E-state index in [1.807, 2.05) is 30.3 Å². The van der Waals surface area contributed by atoms with Crippen LogP contribution >= 0.6 is 0 Å². The van der Waals surface area contributed by atoms with E-state index in [4.69, 9.17) is 5.73 Å². The van der Waals surface area contributed by atoms with Gasteiger partial charge in [-0.05, 0) is 6.92 Å². The Morgan fingerprint density at radius 2 is 2.00 bits per heavy atom. The molecule has 1 aromatic carbocycles. The Labute approximate surface area is 104 Å². The predicted octanol–water partition coefficient (Wildman–Crippen LogP) is 1.08. The monoisotopic (exact) mass is 243 g/mol. The fourth-order valence-corrected chi connectivity index (χ4v) is 1.69. The first-order valence-corrected chi connectivity index (χ1v) is 5.50. The molecule has 1 aromatic heterocycles. The van der Waals surface area contributed by atoms with E-state index in [1.165, 1.54) is 17.7 Å². The summed E-state index contributed by atoms with van der Waals surface area (Å²) in [6.07, 6.45) is 1.32. The highest BCUT2D eigenvalue weighted by molar-refractivity contribution is 5.76. The van der Waals surface area contributed by atoms with Crippen LogP contribution < -0.4 is 11.3 Å². The second-order valence-electron chi connectivity index (χ2n) is 4.00. The first-order chi connectivity index (χ1) is 8.59. The largest absolute Gasteiger partial charge is 0.393 e. The molecular weight excluding hydrogens is 230 g/mol. The van der Waals surface area contributed by atoms with Crippen LogP contribution in [0.5, 0.6) is 0 Å². The van der Waals surface area contributed by atoms with E-state index >= 15 is 0 Å². The van der Waals surface area contributed by atoms with Gasteiger partial charge in [0.1, 0.15) is 17.3 Å². The van der Waals surface area contributed by atoms with Crippen molar-refractivity contribution in [1.82, 2.24) is 9.55 Å². The third-order valence-corrected chi connectivity index (χ3v) is 2.49. The SMILES string of the molecule is CC(=O)Cn1c(-c2ccccc2)ncc(N)c1=O. The molecule has 0 aliphatic rings. The lowest BCUT2D eigenvalue weighted by atomic mass is 10.2. The zero-order chi connectivity index (χ0) is 13.1. The molecule has 2 rings (SSSR count). The molecule has 5 nitrogen and oxygen atoms in total. The van der Waals surface area contributed by atoms with Gasteiger partial charge in [-0.1, -0.05) is 30.3 Å². The molecule has 0 spiro atoms. The van der Waals surface area contributed by atoms with Crippen LogP contribution in [0.2, 0.25) is 0 Å². The molecule has 0 atom stereocenters. The number of carbonyl (C=O) groups is 1. The van der Waals surface area contributed by atoms with E-state index in [0.717, 1.165) is 5.56 Å². The van der Waals surface area contributed by atoms with Gasteiger partial charge in [-0.3, -0.25) is 14.2 Å². The van der Waals surface area contributed by atoms with Crippen molar-refractivity contribution >= 4 is 11.5 Å². The number of carbonyl (C=O) groups excluding carboxylic acids is 1. The van der Waals surface area contributed by atoms with Crippen molar-refractivity contribution < 1.29 is 4.79 Å². The first-order valence-electron chi connectivity index (χ1n) is 5.50. The molecule has 92 valence electrons. The lowest BCUT2D eigenvalue weighted by Gasteiger charge is -2.10. The summed E-state index contributed by atoms with van der Waals surface area (Å²) in [5.74, 6) is 0.326. The summed E-state index contributed by atoms with van der Waals surface area (Å²) in [4.78, 5) is 27.3. The van der Waals surface area contributed by atoms with Crippen molar-refractivity contribution in [1.29, 1.82) is 0 Å². The zero-order valence-electron chi connectivity index (χ0n) is 9.96. The van der Waals surface area contributed by atoms with Crippen molar-refractivity contribution in [2.75, 3.05) is 5.73 Å². The molecule has 0 bridgehead atoms. The van der Waals surface area contributed by atoms with E-state index in [9.17, 15) is 9.59 Å². The minimum atomic E-state index is -0.390. The molecule has 0 saturated carbocycles. The number of rotatable bonds is 3. The summed E-state index contributed by atoms with van der Waals surface area (Å²) in [6.45, 7) is 1.39. The Balaban J connectivity index is 2.64. The number of nitrogens with zero attached hydrogens (tertiary/aromatic N) is 2. The van der Waals surface area contributed by atoms with Crippen LogP contribution in [-0.4, -0.2) is 15.3 Å². The van der Waals surface area contributed by atoms with E-state index in [0.29, 0.717) is 5.82 Å². The van der Waals surface area contributed by atoms with Crippen molar-refractivity contribution in [3.8, 4) is 11.4 Å². The topological polar surface area (TPSA) is 78.0 Å². The van der Waals surface area contributed by atoms with Crippen LogP contribution in [0.3, 0.4) is 0 Å². The third kappa shape index (κ3) is 2.29. The summed E-state index contributed by atoms with van der Waals surface area (Å²) in [5.41, 5.74) is 5.96. The number of hydrogen-bond donors (Lipinski definition) is 1. The average Bonchev–Trinajstić information content (AvgIpc) is 2.36. The van der Waals surface area contributed by atoms with Crippen molar-refractivity contribution in [2.24, 2.45) is 0 Å². The average molecular weight is 243 g/mol. The number of hydrogen-bond acceptors (Lipinski definition) is 4. The van der Waals surface area contributed by atoms with Crippen LogP contribution in [0.15, 0.2) is 41.3 Å². The quantitative estimate of drug-likeness (QED) is 0.875. The highest BCUT2D eigenvalue weighted by Crippen LogP contribution is 2.15. The Kier molecular flexibility index (Phi) is 3.23. The molecule has 2 N–H and O–H groups in total. The molecule has 0 saturated heterocycles. The van der Waals surface area contributed by atoms with Gasteiger partial charge in [-0.25, -0.2) is 4.98 Å². The molecule has 0 aliphatic carbocycles. The second kappa shape index (κ2) is 4.83. The standard InChI is InChI=1S/C13H13N3O2/c1-9(17)8-16-12(10-5-3-2-4-6-10)15-7-11(14)13(16)18/h2-7H,8,14H2,1H3. The van der Waals surface area contributed by atoms with Gasteiger partial charge in [-0.15, -0.1) is 0 Å². The highest BCUT2D eigenvalue weighted by Gasteiger charge is 2.11. The summed E-state index contributed by atoms with van der Waals surface area (Å²) in [6, 6.07) is 9.21. The lowest BCUT2D eigenvalue weighted by Crippen LogP contribution is -2.27. The van der Waals surface area contributed by atoms with Crippen LogP contribution in [0.1, 0.15) is 6.92 Å². The summed E-state index contributed by atoms with van der Waals surface area (Å²) >= 11 is 0. The molecule has 18 heavy (non-hydrogen) atoms. The zero-order valence-corrected chi connectivity index (χ0v) is 9.96. The van der Waals surface area contributed by atoms with Crippen LogP contribution in [-0.2, 0) is 11.3 Å². The van der Waals surface area contributed by atoms with Crippen LogP contribution in [0, 0.1) is 0 Å². The van der Waals surface area contributed by atoms with E-state index in [2.05, 4.69) is 4.98 Å². The molecule has 0 unspecified atom stereocenters. The number of ketones is 1. The smallest absolute Gasteiger partial charge is 0.277 e. The molecule has 0 aliphatic heterocycles. The van der Waals surface area contributed by atoms with Gasteiger partial charge < -0.3 is 5.73 Å². The molecule has 2 aromatic rings. The molecular formula is C13H13N3O2. The minimum absolute atomic E-state index is 0.0267. The summed E-state index contributed by atoms with van der Waals surface area (Å²) in [5, 5.41) is 0. The summed E-state index contributed by atoms with van der Waals surface area (Å²) < 4.78 is 1.30. The second-order valence-corrected chi connectivity index (χ2v) is 4.00. The highest BCUT2D eigenvalue weighted by atomic mass is 16.1. The molecule has 0 fully saturated rings. The fourth-order valence-electron chi connectivity index (χ4n) is 1.69. The maximum atomic E-state index is 11.9. The third-order valence-electron chi connectivity index (χ3n) is 2.49. The van der Waals surface area contributed by atoms with Gasteiger partial charge in [0.2, 0.25) is 0 Å². The fraction of sp³-hybridized carbons (Fsp3) is 0.154. The van der Waals surface area contributed by atoms with Gasteiger partial charge in [-0.2, -0.15) is 0 Å². The van der Waals surface area contributed by atoms with Gasteiger partial charge in [0, 0.05) is 5.56 Å². The van der Waals surface area contributed by atoms with Crippen molar-refractivity contribution in [3.63, 3.8) is 0 Å². The summed E-state index contributed by atoms with van der Waals surface area (Å²) in [7, 11) is 0. The Morgan fingerprint density at radius 3 is 2.61 bits per heavy atom. The van der Waals surface area contributed by atoms with E-state index in [1.54, 1.807) is 0 Å². The maximum absolute atomic E-state index is 11.9. The van der Waals surface area contributed by atoms with Crippen LogP contribution in [0.25, 0.3) is 11.4 Å². The lowest BCUT2D eigenvalue weighted by molar-refractivity contribution is -0.117. The number of nitrogen functional groups attached to an aromatic ring is 1. The molecule has 1 heterocycles. The van der Waals surface area contributed by atoms with Gasteiger partial charge in [0.05, 0.1) is 12.7 Å². The van der Waals surface area contributed by atoms with Crippen LogP contribution in [0.4, 0.5) is 5.69 Å². The van der Waals surface area contributed by atoms with E-state index in [-0.39, 0.29) is 23.6 Å². The van der Waals surface area contributed by atoms with Gasteiger partial charge in [0.25, 0.3) is 5.56 Å². The van der Waals surface area contributed by atoms with Crippen molar-refractivity contribution in [2.45, 2.75) is 13.5 Å². The number of benzene rings is 1. The number of aromatic nitrogens is 2. The minimum Gasteiger partial charge on any atom is -0.393 e. The normalized spacial score (nSPS) is 10.3. The number of nitrogens with two attached hydrogens (primary N) is 1. The van der Waals surface area contributed by atoms with Gasteiger partial charge >= 0.3 is 0 Å². The predicted molar refractivity (Wildman–Crippen MR) is 69.0 cm³/mol. The maximum Gasteiger partial charge on any atom is 0.277 e. The molecule has 5 heteroatoms. The Morgan fingerprint density at radius 1 is 1.33 bits per heavy atom. The number of anilines is 1. The van der Waals surface area contributed by atoms with E-state index < -0.39 is 0 Å². The van der Waals surface area contributed by atoms with Crippen molar-refractivity contribution in [3.05, 3.63) is 46.9 Å².